The third-order valence-corrected chi connectivity index (χ3v) is 6.49. The van der Waals surface area contributed by atoms with Crippen molar-refractivity contribution < 1.29 is 9.53 Å². The minimum absolute atomic E-state index is 0.170. The van der Waals surface area contributed by atoms with Gasteiger partial charge in [0.2, 0.25) is 5.95 Å². The number of hydrogen-bond donors (Lipinski definition) is 2. The SMILES string of the molecule is Cc1cnc(Nc2cnn(C3CCOCC3)c2)nc1-c1ccc(C(=O)NCC2(C#N)CC2)cc1. The molecule has 34 heavy (non-hydrogen) atoms. The lowest BCUT2D eigenvalue weighted by molar-refractivity contribution is 0.0662. The molecule has 1 aromatic carbocycles. The lowest BCUT2D eigenvalue weighted by Crippen LogP contribution is -2.29. The molecule has 1 amide bonds. The largest absolute Gasteiger partial charge is 0.381 e. The Hall–Kier alpha value is -3.77. The summed E-state index contributed by atoms with van der Waals surface area (Å²) in [5.41, 5.74) is 3.65. The molecule has 2 aromatic heterocycles. The summed E-state index contributed by atoms with van der Waals surface area (Å²) in [7, 11) is 0. The summed E-state index contributed by atoms with van der Waals surface area (Å²) < 4.78 is 7.41. The summed E-state index contributed by atoms with van der Waals surface area (Å²) in [5.74, 6) is 0.316. The molecule has 1 aliphatic heterocycles. The maximum absolute atomic E-state index is 12.5. The first-order valence-corrected chi connectivity index (χ1v) is 11.6. The van der Waals surface area contributed by atoms with Gasteiger partial charge in [-0.15, -0.1) is 0 Å². The van der Waals surface area contributed by atoms with Gasteiger partial charge in [0.05, 0.1) is 35.1 Å². The Balaban J connectivity index is 1.27. The van der Waals surface area contributed by atoms with Crippen LogP contribution in [-0.4, -0.2) is 45.4 Å². The number of nitrogens with one attached hydrogen (secondary N) is 2. The number of benzene rings is 1. The summed E-state index contributed by atoms with van der Waals surface area (Å²) >= 11 is 0. The fourth-order valence-corrected chi connectivity index (χ4v) is 4.09. The van der Waals surface area contributed by atoms with E-state index < -0.39 is 0 Å². The van der Waals surface area contributed by atoms with Crippen LogP contribution in [0.25, 0.3) is 11.3 Å². The van der Waals surface area contributed by atoms with Crippen molar-refractivity contribution in [2.24, 2.45) is 5.41 Å². The van der Waals surface area contributed by atoms with Crippen LogP contribution in [0.1, 0.15) is 47.6 Å². The van der Waals surface area contributed by atoms with Crippen LogP contribution in [0.5, 0.6) is 0 Å². The second-order valence-electron chi connectivity index (χ2n) is 9.05. The number of nitriles is 1. The number of carbonyl (C=O) groups excluding carboxylic acids is 1. The lowest BCUT2D eigenvalue weighted by Gasteiger charge is -2.22. The van der Waals surface area contributed by atoms with Gasteiger partial charge in [-0.05, 0) is 50.3 Å². The van der Waals surface area contributed by atoms with E-state index >= 15 is 0 Å². The first kappa shape index (κ1) is 22.0. The number of carbonyl (C=O) groups is 1. The summed E-state index contributed by atoms with van der Waals surface area (Å²) in [5, 5.41) is 19.8. The van der Waals surface area contributed by atoms with Crippen LogP contribution in [0.4, 0.5) is 11.6 Å². The molecule has 1 saturated heterocycles. The molecule has 9 heteroatoms. The number of ether oxygens (including phenoxy) is 1. The Morgan fingerprint density at radius 2 is 2.00 bits per heavy atom. The highest BCUT2D eigenvalue weighted by molar-refractivity contribution is 5.94. The molecule has 2 N–H and O–H groups in total. The van der Waals surface area contributed by atoms with Crippen LogP contribution in [0.3, 0.4) is 0 Å². The van der Waals surface area contributed by atoms with Crippen LogP contribution >= 0.6 is 0 Å². The van der Waals surface area contributed by atoms with Crippen LogP contribution in [0.15, 0.2) is 42.9 Å². The Bertz CT molecular complexity index is 1220. The summed E-state index contributed by atoms with van der Waals surface area (Å²) in [6.07, 6.45) is 9.16. The first-order valence-electron chi connectivity index (χ1n) is 11.6. The first-order chi connectivity index (χ1) is 16.5. The Labute approximate surface area is 198 Å². The number of aromatic nitrogens is 4. The molecule has 0 bridgehead atoms. The molecular formula is C25H27N7O2. The van der Waals surface area contributed by atoms with E-state index in [4.69, 9.17) is 9.72 Å². The van der Waals surface area contributed by atoms with E-state index in [-0.39, 0.29) is 11.3 Å². The lowest BCUT2D eigenvalue weighted by atomic mass is 10.1. The molecule has 174 valence electrons. The van der Waals surface area contributed by atoms with E-state index in [1.807, 2.05) is 29.9 Å². The van der Waals surface area contributed by atoms with E-state index in [0.717, 1.165) is 61.4 Å². The zero-order valence-electron chi connectivity index (χ0n) is 19.1. The third-order valence-electron chi connectivity index (χ3n) is 6.49. The molecule has 2 fully saturated rings. The topological polar surface area (TPSA) is 118 Å². The van der Waals surface area contributed by atoms with Gasteiger partial charge in [-0.25, -0.2) is 9.97 Å². The fraction of sp³-hybridized carbons (Fsp3) is 0.400. The zero-order chi connectivity index (χ0) is 23.5. The number of hydrogen-bond acceptors (Lipinski definition) is 7. The smallest absolute Gasteiger partial charge is 0.251 e. The zero-order valence-corrected chi connectivity index (χ0v) is 19.1. The number of rotatable bonds is 7. The normalized spacial score (nSPS) is 17.1. The summed E-state index contributed by atoms with van der Waals surface area (Å²) in [4.78, 5) is 21.6. The van der Waals surface area contributed by atoms with Gasteiger partial charge in [-0.2, -0.15) is 10.4 Å². The second-order valence-corrected chi connectivity index (χ2v) is 9.05. The molecule has 0 unspecified atom stereocenters. The molecular weight excluding hydrogens is 430 g/mol. The molecule has 1 aliphatic carbocycles. The highest BCUT2D eigenvalue weighted by Gasteiger charge is 2.43. The maximum atomic E-state index is 12.5. The second kappa shape index (κ2) is 9.23. The van der Waals surface area contributed by atoms with Crippen molar-refractivity contribution in [2.75, 3.05) is 25.1 Å². The molecule has 2 aliphatic rings. The van der Waals surface area contributed by atoms with E-state index in [2.05, 4.69) is 26.8 Å². The maximum Gasteiger partial charge on any atom is 0.251 e. The molecule has 1 saturated carbocycles. The quantitative estimate of drug-likeness (QED) is 0.554. The summed E-state index contributed by atoms with van der Waals surface area (Å²) in [6.45, 7) is 3.88. The summed E-state index contributed by atoms with van der Waals surface area (Å²) in [6, 6.07) is 9.97. The van der Waals surface area contributed by atoms with Crippen molar-refractivity contribution in [3.63, 3.8) is 0 Å². The van der Waals surface area contributed by atoms with Crippen molar-refractivity contribution in [3.8, 4) is 17.3 Å². The van der Waals surface area contributed by atoms with Gasteiger partial charge < -0.3 is 15.4 Å². The van der Waals surface area contributed by atoms with Crippen molar-refractivity contribution in [1.29, 1.82) is 5.26 Å². The minimum atomic E-state index is -0.363. The molecule has 0 atom stereocenters. The van der Waals surface area contributed by atoms with Gasteiger partial charge in [-0.3, -0.25) is 9.48 Å². The molecule has 3 aromatic rings. The van der Waals surface area contributed by atoms with Gasteiger partial charge >= 0.3 is 0 Å². The molecule has 3 heterocycles. The van der Waals surface area contributed by atoms with E-state index in [9.17, 15) is 10.1 Å². The van der Waals surface area contributed by atoms with Gasteiger partial charge in [0.1, 0.15) is 0 Å². The van der Waals surface area contributed by atoms with Crippen molar-refractivity contribution in [3.05, 3.63) is 54.0 Å². The van der Waals surface area contributed by atoms with E-state index in [1.54, 1.807) is 24.5 Å². The standard InChI is InChI=1S/C25H27N7O2/c1-17-12-27-24(30-20-13-29-32(14-20)21-6-10-34-11-7-21)31-22(17)18-2-4-19(5-3-18)23(33)28-16-25(15-26)8-9-25/h2-5,12-14,21H,6-11,16H2,1H3,(H,28,33)(H,27,30,31). The minimum Gasteiger partial charge on any atom is -0.381 e. The van der Waals surface area contributed by atoms with E-state index in [0.29, 0.717) is 24.1 Å². The number of aryl methyl sites for hydroxylation is 1. The molecule has 5 rings (SSSR count). The van der Waals surface area contributed by atoms with Gasteiger partial charge in [-0.1, -0.05) is 12.1 Å². The fourth-order valence-electron chi connectivity index (χ4n) is 4.09. The Morgan fingerprint density at radius 1 is 1.24 bits per heavy atom. The average molecular weight is 458 g/mol. The predicted molar refractivity (Wildman–Crippen MR) is 126 cm³/mol. The van der Waals surface area contributed by atoms with Gasteiger partial charge in [0.25, 0.3) is 5.91 Å². The van der Waals surface area contributed by atoms with Crippen LogP contribution in [0.2, 0.25) is 0 Å². The highest BCUT2D eigenvalue weighted by Crippen LogP contribution is 2.44. The molecule has 0 spiro atoms. The number of amides is 1. The highest BCUT2D eigenvalue weighted by atomic mass is 16.5. The predicted octanol–water partition coefficient (Wildman–Crippen LogP) is 3.78. The number of nitrogens with zero attached hydrogens (tertiary/aromatic N) is 5. The van der Waals surface area contributed by atoms with Crippen molar-refractivity contribution in [2.45, 2.75) is 38.6 Å². The third kappa shape index (κ3) is 4.77. The monoisotopic (exact) mass is 457 g/mol. The molecule has 0 radical (unpaired) electrons. The average Bonchev–Trinajstić information content (AvgIpc) is 3.52. The van der Waals surface area contributed by atoms with Gasteiger partial charge in [0.15, 0.2) is 0 Å². The van der Waals surface area contributed by atoms with Crippen LogP contribution in [-0.2, 0) is 4.74 Å². The Kier molecular flexibility index (Phi) is 5.99. The molecule has 9 nitrogen and oxygen atoms in total. The van der Waals surface area contributed by atoms with Crippen LogP contribution in [0, 0.1) is 23.7 Å². The van der Waals surface area contributed by atoms with E-state index in [1.165, 1.54) is 0 Å². The van der Waals surface area contributed by atoms with Crippen molar-refractivity contribution in [1.82, 2.24) is 25.1 Å². The van der Waals surface area contributed by atoms with Crippen LogP contribution < -0.4 is 10.6 Å². The number of anilines is 2. The Morgan fingerprint density at radius 3 is 2.71 bits per heavy atom. The van der Waals surface area contributed by atoms with Gasteiger partial charge in [0, 0.05) is 43.3 Å². The van der Waals surface area contributed by atoms with Crippen molar-refractivity contribution >= 4 is 17.5 Å².